The number of unbranched alkanes of at least 4 members (excludes halogenated alkanes) is 1. The molecule has 7 heteroatoms. The van der Waals surface area contributed by atoms with Crippen LogP contribution in [-0.2, 0) is 9.84 Å². The molecule has 0 amide bonds. The topological polar surface area (TPSA) is 43.4 Å². The molecule has 1 atom stereocenters. The minimum atomic E-state index is -3.19. The summed E-state index contributed by atoms with van der Waals surface area (Å²) in [6.07, 6.45) is -1.31. The highest BCUT2D eigenvalue weighted by molar-refractivity contribution is 7.91. The summed E-state index contributed by atoms with van der Waals surface area (Å²) in [5, 5.41) is 0. The van der Waals surface area contributed by atoms with Gasteiger partial charge in [-0.3, -0.25) is 0 Å². The third-order valence-electron chi connectivity index (χ3n) is 3.20. The average Bonchev–Trinajstić information content (AvgIpc) is 2.43. The lowest BCUT2D eigenvalue weighted by molar-refractivity contribution is 0.0798. The van der Waals surface area contributed by atoms with Crippen LogP contribution in [0.3, 0.4) is 0 Å². The first kappa shape index (κ1) is 18.8. The number of ether oxygens (including phenoxy) is 1. The predicted molar refractivity (Wildman–Crippen MR) is 79.9 cm³/mol. The van der Waals surface area contributed by atoms with Gasteiger partial charge in [0.15, 0.2) is 21.4 Å². The van der Waals surface area contributed by atoms with Crippen molar-refractivity contribution in [2.75, 3.05) is 18.1 Å². The lowest BCUT2D eigenvalue weighted by Crippen LogP contribution is -2.16. The summed E-state index contributed by atoms with van der Waals surface area (Å²) in [5.74, 6) is -1.34. The van der Waals surface area contributed by atoms with Crippen molar-refractivity contribution in [1.82, 2.24) is 0 Å². The molecule has 0 saturated carbocycles. The second-order valence-electron chi connectivity index (χ2n) is 5.26. The van der Waals surface area contributed by atoms with E-state index in [1.54, 1.807) is 6.92 Å². The maximum absolute atomic E-state index is 13.5. The summed E-state index contributed by atoms with van der Waals surface area (Å²) in [4.78, 5) is 0. The van der Waals surface area contributed by atoms with E-state index in [4.69, 9.17) is 4.74 Å². The Morgan fingerprint density at radius 1 is 1.27 bits per heavy atom. The van der Waals surface area contributed by atoms with Gasteiger partial charge in [0.1, 0.15) is 6.61 Å². The van der Waals surface area contributed by atoms with Gasteiger partial charge < -0.3 is 4.74 Å². The van der Waals surface area contributed by atoms with Crippen molar-refractivity contribution in [3.63, 3.8) is 0 Å². The molecule has 1 aromatic rings. The minimum absolute atomic E-state index is 0.0626. The first-order valence-electron chi connectivity index (χ1n) is 7.16. The van der Waals surface area contributed by atoms with Crippen LogP contribution in [0.4, 0.5) is 13.2 Å². The highest BCUT2D eigenvalue weighted by Gasteiger charge is 2.18. The molecule has 0 unspecified atom stereocenters. The summed E-state index contributed by atoms with van der Waals surface area (Å²) in [5.41, 5.74) is 0.547. The van der Waals surface area contributed by atoms with Crippen LogP contribution in [0.25, 0.3) is 0 Å². The van der Waals surface area contributed by atoms with Gasteiger partial charge in [0.25, 0.3) is 6.43 Å². The first-order chi connectivity index (χ1) is 10.2. The molecule has 0 aliphatic rings. The van der Waals surface area contributed by atoms with Crippen LogP contribution in [0.15, 0.2) is 18.2 Å². The van der Waals surface area contributed by atoms with E-state index in [1.165, 1.54) is 12.1 Å². The molecule has 0 aliphatic carbocycles. The minimum Gasteiger partial charge on any atom is -0.485 e. The Bertz CT molecular complexity index is 573. The molecule has 0 aromatic heterocycles. The van der Waals surface area contributed by atoms with Crippen molar-refractivity contribution >= 4 is 9.84 Å². The fraction of sp³-hybridized carbons (Fsp3) is 0.600. The molecule has 0 heterocycles. The lowest BCUT2D eigenvalue weighted by Gasteiger charge is -2.14. The van der Waals surface area contributed by atoms with E-state index < -0.39 is 28.7 Å². The molecule has 0 bridgehead atoms. The molecule has 3 nitrogen and oxygen atoms in total. The molecular formula is C15H21F3O3S. The molecular weight excluding hydrogens is 317 g/mol. The van der Waals surface area contributed by atoms with Gasteiger partial charge in [-0.15, -0.1) is 0 Å². The zero-order chi connectivity index (χ0) is 16.8. The van der Waals surface area contributed by atoms with Crippen molar-refractivity contribution < 1.29 is 26.3 Å². The Labute approximate surface area is 129 Å². The number of alkyl halides is 2. The monoisotopic (exact) mass is 338 g/mol. The first-order valence-corrected chi connectivity index (χ1v) is 8.98. The van der Waals surface area contributed by atoms with E-state index in [-0.39, 0.29) is 23.2 Å². The fourth-order valence-corrected chi connectivity index (χ4v) is 3.86. The Hall–Kier alpha value is -1.24. The zero-order valence-electron chi connectivity index (χ0n) is 12.7. The van der Waals surface area contributed by atoms with Gasteiger partial charge in [-0.25, -0.2) is 21.6 Å². The number of hydrogen-bond donors (Lipinski definition) is 0. The van der Waals surface area contributed by atoms with E-state index in [0.29, 0.717) is 12.0 Å². The second-order valence-corrected chi connectivity index (χ2v) is 7.49. The van der Waals surface area contributed by atoms with Gasteiger partial charge in [-0.1, -0.05) is 26.3 Å². The van der Waals surface area contributed by atoms with Gasteiger partial charge in [0.2, 0.25) is 0 Å². The molecule has 0 radical (unpaired) electrons. The maximum atomic E-state index is 13.5. The summed E-state index contributed by atoms with van der Waals surface area (Å²) >= 11 is 0. The van der Waals surface area contributed by atoms with Crippen LogP contribution in [-0.4, -0.2) is 33.0 Å². The Morgan fingerprint density at radius 2 is 1.95 bits per heavy atom. The summed E-state index contributed by atoms with van der Waals surface area (Å²) in [6.45, 7) is 2.71. The van der Waals surface area contributed by atoms with Gasteiger partial charge in [0.05, 0.1) is 11.5 Å². The molecule has 126 valence electrons. The van der Waals surface area contributed by atoms with E-state index in [0.717, 1.165) is 12.5 Å². The van der Waals surface area contributed by atoms with Gasteiger partial charge in [-0.05, 0) is 30.0 Å². The van der Waals surface area contributed by atoms with E-state index in [1.807, 2.05) is 6.92 Å². The van der Waals surface area contributed by atoms with Crippen molar-refractivity contribution in [3.05, 3.63) is 29.6 Å². The summed E-state index contributed by atoms with van der Waals surface area (Å²) in [7, 11) is -3.19. The lowest BCUT2D eigenvalue weighted by atomic mass is 10.0. The van der Waals surface area contributed by atoms with E-state index in [9.17, 15) is 21.6 Å². The molecule has 1 rings (SSSR count). The van der Waals surface area contributed by atoms with Crippen LogP contribution in [0.5, 0.6) is 5.75 Å². The highest BCUT2D eigenvalue weighted by Crippen LogP contribution is 2.25. The third-order valence-corrected chi connectivity index (χ3v) is 5.12. The molecule has 0 fully saturated rings. The number of rotatable bonds is 9. The summed E-state index contributed by atoms with van der Waals surface area (Å²) in [6, 6.07) is 3.84. The number of halogens is 3. The Kier molecular flexibility index (Phi) is 7.19. The van der Waals surface area contributed by atoms with Gasteiger partial charge >= 0.3 is 0 Å². The maximum Gasteiger partial charge on any atom is 0.272 e. The van der Waals surface area contributed by atoms with Crippen LogP contribution < -0.4 is 4.74 Å². The SMILES string of the molecule is CCCCS(=O)(=O)C[C@H](C)c1ccc(F)c(OCC(F)F)c1. The van der Waals surface area contributed by atoms with Crippen LogP contribution in [0.1, 0.15) is 38.2 Å². The van der Waals surface area contributed by atoms with Crippen LogP contribution >= 0.6 is 0 Å². The number of sulfone groups is 1. The second kappa shape index (κ2) is 8.41. The molecule has 1 aromatic carbocycles. The van der Waals surface area contributed by atoms with E-state index >= 15 is 0 Å². The Morgan fingerprint density at radius 3 is 2.55 bits per heavy atom. The van der Waals surface area contributed by atoms with E-state index in [2.05, 4.69) is 0 Å². The van der Waals surface area contributed by atoms with Gasteiger partial charge in [-0.2, -0.15) is 0 Å². The standard InChI is InChI=1S/C15H21F3O3S/c1-3-4-7-22(19,20)10-11(2)12-5-6-13(16)14(8-12)21-9-15(17)18/h5-6,8,11,15H,3-4,7,9-10H2,1-2H3/t11-/m0/s1. The van der Waals surface area contributed by atoms with Crippen molar-refractivity contribution in [1.29, 1.82) is 0 Å². The molecule has 0 saturated heterocycles. The molecule has 22 heavy (non-hydrogen) atoms. The van der Waals surface area contributed by atoms with Crippen molar-refractivity contribution in [3.8, 4) is 5.75 Å². The molecule has 0 spiro atoms. The highest BCUT2D eigenvalue weighted by atomic mass is 32.2. The fourth-order valence-electron chi connectivity index (χ4n) is 2.01. The van der Waals surface area contributed by atoms with Crippen molar-refractivity contribution in [2.45, 2.75) is 39.0 Å². The largest absolute Gasteiger partial charge is 0.485 e. The van der Waals surface area contributed by atoms with Crippen LogP contribution in [0.2, 0.25) is 0 Å². The van der Waals surface area contributed by atoms with Gasteiger partial charge in [0, 0.05) is 0 Å². The average molecular weight is 338 g/mol. The van der Waals surface area contributed by atoms with Crippen molar-refractivity contribution in [2.24, 2.45) is 0 Å². The molecule has 0 N–H and O–H groups in total. The van der Waals surface area contributed by atoms with Crippen LogP contribution in [0, 0.1) is 5.82 Å². The third kappa shape index (κ3) is 6.25. The smallest absolute Gasteiger partial charge is 0.272 e. The summed E-state index contributed by atoms with van der Waals surface area (Å²) < 4.78 is 66.3. The predicted octanol–water partition coefficient (Wildman–Crippen LogP) is 3.79. The quantitative estimate of drug-likeness (QED) is 0.688. The molecule has 0 aliphatic heterocycles. The number of benzene rings is 1. The normalized spacial score (nSPS) is 13.4. The zero-order valence-corrected chi connectivity index (χ0v) is 13.5. The number of hydrogen-bond acceptors (Lipinski definition) is 3. The Balaban J connectivity index is 2.81.